The van der Waals surface area contributed by atoms with E-state index >= 15 is 0 Å². The second-order valence-corrected chi connectivity index (χ2v) is 17.3. The zero-order valence-electron chi connectivity index (χ0n) is 37.3. The van der Waals surface area contributed by atoms with E-state index in [2.05, 4.69) is 88.3 Å². The van der Waals surface area contributed by atoms with Gasteiger partial charge in [-0.05, 0) is 109 Å². The summed E-state index contributed by atoms with van der Waals surface area (Å²) in [5, 5.41) is 0. The van der Waals surface area contributed by atoms with Crippen LogP contribution in [-0.4, -0.2) is 43.5 Å². The predicted molar refractivity (Wildman–Crippen MR) is 242 cm³/mol. The Morgan fingerprint density at radius 2 is 0.944 bits per heavy atom. The van der Waals surface area contributed by atoms with E-state index in [0.717, 1.165) is 51.2 Å². The molecule has 1 fully saturated rings. The molecule has 3 heteroatoms. The van der Waals surface area contributed by atoms with Gasteiger partial charge >= 0.3 is 0 Å². The zero-order chi connectivity index (χ0) is 39.1. The fraction of sp³-hybridized carbons (Fsp3) is 0.843. The van der Waals surface area contributed by atoms with Crippen molar-refractivity contribution in [3.8, 4) is 0 Å². The van der Waals surface area contributed by atoms with Crippen LogP contribution in [0.4, 0.5) is 0 Å². The van der Waals surface area contributed by atoms with Crippen molar-refractivity contribution in [2.24, 2.45) is 5.92 Å². The molecular formula is C51H95NO2. The molecule has 0 N–H and O–H groups in total. The van der Waals surface area contributed by atoms with Crippen LogP contribution < -0.4 is 0 Å². The molecule has 0 aromatic rings. The van der Waals surface area contributed by atoms with Gasteiger partial charge in [-0.15, -0.1) is 0 Å². The topological polar surface area (TPSA) is 21.7 Å². The first-order valence-electron chi connectivity index (χ1n) is 24.1. The maximum Gasteiger partial charge on any atom is 0.168 e. The van der Waals surface area contributed by atoms with Crippen LogP contribution in [0.2, 0.25) is 0 Å². The number of rotatable bonds is 40. The quantitative estimate of drug-likeness (QED) is 0.0459. The highest BCUT2D eigenvalue weighted by atomic mass is 16.7. The monoisotopic (exact) mass is 754 g/mol. The van der Waals surface area contributed by atoms with Gasteiger partial charge in [-0.2, -0.15) is 0 Å². The maximum atomic E-state index is 6.85. The third kappa shape index (κ3) is 33.0. The number of hydrogen-bond acceptors (Lipinski definition) is 3. The third-order valence-electron chi connectivity index (χ3n) is 11.3. The van der Waals surface area contributed by atoms with Gasteiger partial charge in [0.25, 0.3) is 0 Å². The van der Waals surface area contributed by atoms with Crippen molar-refractivity contribution < 1.29 is 9.47 Å². The molecule has 0 amide bonds. The standard InChI is InChI=1S/C51H95NO2/c1-6-8-10-12-14-16-18-20-22-24-26-28-30-32-35-39-44-51(45-40-36-33-31-29-27-25-23-21-19-17-15-13-11-9-7-2)53-48-50(54-51)43-47-52(5)46-41-37-34-38-42-49(3)4/h14-17,20-23,49-50H,6-13,18-19,24-48H2,1-5H3/b16-14-,17-15-,22-20-,23-21-. The molecule has 0 saturated carbocycles. The first-order chi connectivity index (χ1) is 26.5. The Morgan fingerprint density at radius 1 is 0.519 bits per heavy atom. The van der Waals surface area contributed by atoms with Gasteiger partial charge in [0.05, 0.1) is 12.7 Å². The van der Waals surface area contributed by atoms with Gasteiger partial charge in [-0.1, -0.05) is 179 Å². The normalized spacial score (nSPS) is 16.3. The molecule has 316 valence electrons. The van der Waals surface area contributed by atoms with Crippen molar-refractivity contribution in [1.29, 1.82) is 0 Å². The summed E-state index contributed by atoms with van der Waals surface area (Å²) < 4.78 is 13.5. The number of allylic oxidation sites excluding steroid dienone is 8. The largest absolute Gasteiger partial charge is 0.347 e. The number of unbranched alkanes of at least 4 members (excludes halogenated alkanes) is 21. The lowest BCUT2D eigenvalue weighted by Gasteiger charge is -2.29. The number of hydrogen-bond donors (Lipinski definition) is 0. The summed E-state index contributed by atoms with van der Waals surface area (Å²) >= 11 is 0. The summed E-state index contributed by atoms with van der Waals surface area (Å²) in [4.78, 5) is 2.52. The summed E-state index contributed by atoms with van der Waals surface area (Å²) in [6, 6.07) is 0. The van der Waals surface area contributed by atoms with Crippen LogP contribution in [0.5, 0.6) is 0 Å². The minimum Gasteiger partial charge on any atom is -0.347 e. The molecule has 0 radical (unpaired) electrons. The fourth-order valence-corrected chi connectivity index (χ4v) is 7.68. The lowest BCUT2D eigenvalue weighted by atomic mass is 9.98. The van der Waals surface area contributed by atoms with Crippen molar-refractivity contribution in [3.63, 3.8) is 0 Å². The van der Waals surface area contributed by atoms with Crippen molar-refractivity contribution in [1.82, 2.24) is 4.90 Å². The number of ether oxygens (including phenoxy) is 2. The van der Waals surface area contributed by atoms with E-state index in [9.17, 15) is 0 Å². The highest BCUT2D eigenvalue weighted by Crippen LogP contribution is 2.35. The SMILES string of the molecule is CCCCC/C=C\C/C=C\CCCCCCCCC1(CCCCCCCC/C=C\C/C=C\CCCCC)OCC(CCN(C)CCCCCCC(C)C)O1. The molecule has 0 spiro atoms. The highest BCUT2D eigenvalue weighted by Gasteiger charge is 2.40. The second kappa shape index (κ2) is 38.7. The molecule has 3 nitrogen and oxygen atoms in total. The van der Waals surface area contributed by atoms with E-state index in [1.807, 2.05) is 0 Å². The fourth-order valence-electron chi connectivity index (χ4n) is 7.68. The van der Waals surface area contributed by atoms with Crippen LogP contribution in [0.1, 0.15) is 233 Å². The summed E-state index contributed by atoms with van der Waals surface area (Å²) in [5.74, 6) is 0.512. The summed E-state index contributed by atoms with van der Waals surface area (Å²) in [6.45, 7) is 12.3. The molecule has 54 heavy (non-hydrogen) atoms. The van der Waals surface area contributed by atoms with E-state index < -0.39 is 0 Å². The van der Waals surface area contributed by atoms with Crippen molar-refractivity contribution in [2.75, 3.05) is 26.7 Å². The van der Waals surface area contributed by atoms with Gasteiger partial charge < -0.3 is 14.4 Å². The molecule has 0 aromatic carbocycles. The van der Waals surface area contributed by atoms with Gasteiger partial charge in [0.1, 0.15) is 0 Å². The molecule has 1 aliphatic rings. The molecule has 0 bridgehead atoms. The summed E-state index contributed by atoms with van der Waals surface area (Å²) in [7, 11) is 2.30. The van der Waals surface area contributed by atoms with Crippen LogP contribution in [0.25, 0.3) is 0 Å². The molecular weight excluding hydrogens is 659 g/mol. The van der Waals surface area contributed by atoms with Crippen LogP contribution in [0, 0.1) is 5.92 Å². The van der Waals surface area contributed by atoms with Crippen molar-refractivity contribution in [3.05, 3.63) is 48.6 Å². The van der Waals surface area contributed by atoms with E-state index in [1.165, 1.54) is 180 Å². The lowest BCUT2D eigenvalue weighted by molar-refractivity contribution is -0.180. The Balaban J connectivity index is 2.32. The molecule has 0 aliphatic carbocycles. The smallest absolute Gasteiger partial charge is 0.168 e. The van der Waals surface area contributed by atoms with Crippen molar-refractivity contribution in [2.45, 2.75) is 245 Å². The molecule has 0 aromatic heterocycles. The third-order valence-corrected chi connectivity index (χ3v) is 11.3. The zero-order valence-corrected chi connectivity index (χ0v) is 37.3. The minimum absolute atomic E-state index is 0.257. The highest BCUT2D eigenvalue weighted by molar-refractivity contribution is 4.93. The molecule has 1 heterocycles. The number of nitrogens with zero attached hydrogens (tertiary/aromatic N) is 1. The molecule has 1 saturated heterocycles. The Bertz CT molecular complexity index is 840. The van der Waals surface area contributed by atoms with Crippen LogP contribution in [-0.2, 0) is 9.47 Å². The van der Waals surface area contributed by atoms with Gasteiger partial charge in [-0.3, -0.25) is 0 Å². The first-order valence-corrected chi connectivity index (χ1v) is 24.1. The Morgan fingerprint density at radius 3 is 1.43 bits per heavy atom. The summed E-state index contributed by atoms with van der Waals surface area (Å²) in [6.07, 6.45) is 60.3. The second-order valence-electron chi connectivity index (χ2n) is 17.3. The average Bonchev–Trinajstić information content (AvgIpc) is 3.57. The van der Waals surface area contributed by atoms with Crippen LogP contribution >= 0.6 is 0 Å². The first kappa shape index (κ1) is 50.9. The Kier molecular flexibility index (Phi) is 36.5. The van der Waals surface area contributed by atoms with Crippen LogP contribution in [0.15, 0.2) is 48.6 Å². The van der Waals surface area contributed by atoms with Gasteiger partial charge in [0.15, 0.2) is 5.79 Å². The molecule has 1 rings (SSSR count). The van der Waals surface area contributed by atoms with Gasteiger partial charge in [0.2, 0.25) is 0 Å². The lowest BCUT2D eigenvalue weighted by Crippen LogP contribution is -2.32. The molecule has 1 unspecified atom stereocenters. The van der Waals surface area contributed by atoms with Gasteiger partial charge in [0, 0.05) is 19.4 Å². The van der Waals surface area contributed by atoms with E-state index in [4.69, 9.17) is 9.47 Å². The summed E-state index contributed by atoms with van der Waals surface area (Å²) in [5.41, 5.74) is 0. The Labute approximate surface area is 339 Å². The maximum absolute atomic E-state index is 6.85. The van der Waals surface area contributed by atoms with E-state index in [1.54, 1.807) is 0 Å². The minimum atomic E-state index is -0.329. The van der Waals surface area contributed by atoms with Gasteiger partial charge in [-0.25, -0.2) is 0 Å². The Hall–Kier alpha value is -1.16. The predicted octanol–water partition coefficient (Wildman–Crippen LogP) is 16.4. The van der Waals surface area contributed by atoms with E-state index in [0.29, 0.717) is 0 Å². The molecule has 1 atom stereocenters. The van der Waals surface area contributed by atoms with Crippen LogP contribution in [0.3, 0.4) is 0 Å². The van der Waals surface area contributed by atoms with E-state index in [-0.39, 0.29) is 11.9 Å². The molecule has 1 aliphatic heterocycles. The van der Waals surface area contributed by atoms with Crippen molar-refractivity contribution >= 4 is 0 Å². The average molecular weight is 754 g/mol.